The largest absolute Gasteiger partial charge is 0.456 e. The van der Waals surface area contributed by atoms with Gasteiger partial charge in [-0.3, -0.25) is 9.59 Å². The number of ether oxygens (including phenoxy) is 1. The van der Waals surface area contributed by atoms with Gasteiger partial charge < -0.3 is 14.5 Å². The van der Waals surface area contributed by atoms with Gasteiger partial charge in [0.2, 0.25) is 11.7 Å². The van der Waals surface area contributed by atoms with E-state index in [1.807, 2.05) is 12.1 Å². The molecule has 6 nitrogen and oxygen atoms in total. The van der Waals surface area contributed by atoms with E-state index in [2.05, 4.69) is 26.1 Å². The van der Waals surface area contributed by atoms with Gasteiger partial charge in [0.15, 0.2) is 12.4 Å². The van der Waals surface area contributed by atoms with Crippen LogP contribution >= 0.6 is 0 Å². The highest BCUT2D eigenvalue weighted by molar-refractivity contribution is 5.97. The zero-order valence-corrected chi connectivity index (χ0v) is 15.4. The van der Waals surface area contributed by atoms with E-state index in [-0.39, 0.29) is 23.6 Å². The molecule has 6 heteroatoms. The molecule has 0 saturated heterocycles. The topological polar surface area (TPSA) is 85.6 Å². The van der Waals surface area contributed by atoms with Crippen LogP contribution in [0.3, 0.4) is 0 Å². The molecule has 1 aromatic heterocycles. The van der Waals surface area contributed by atoms with E-state index >= 15 is 0 Å². The van der Waals surface area contributed by atoms with Gasteiger partial charge in [-0.15, -0.1) is 0 Å². The van der Waals surface area contributed by atoms with Crippen molar-refractivity contribution in [3.63, 3.8) is 0 Å². The summed E-state index contributed by atoms with van der Waals surface area (Å²) < 4.78 is 10.4. The van der Waals surface area contributed by atoms with Gasteiger partial charge in [0.1, 0.15) is 5.76 Å². The fraction of sp³-hybridized carbons (Fsp3) is 0.350. The summed E-state index contributed by atoms with van der Waals surface area (Å²) in [4.78, 5) is 35.0. The van der Waals surface area contributed by atoms with Crippen molar-refractivity contribution in [1.29, 1.82) is 0 Å². The van der Waals surface area contributed by atoms with Gasteiger partial charge in [-0.25, -0.2) is 4.79 Å². The molecule has 0 radical (unpaired) electrons. The van der Waals surface area contributed by atoms with Crippen molar-refractivity contribution in [2.24, 2.45) is 0 Å². The molecule has 1 amide bonds. The van der Waals surface area contributed by atoms with Crippen LogP contribution in [0, 0.1) is 0 Å². The average molecular weight is 357 g/mol. The van der Waals surface area contributed by atoms with Gasteiger partial charge in [-0.1, -0.05) is 32.9 Å². The number of rotatable bonds is 6. The van der Waals surface area contributed by atoms with Gasteiger partial charge in [0, 0.05) is 6.92 Å². The number of amides is 1. The third-order valence-electron chi connectivity index (χ3n) is 3.77. The lowest BCUT2D eigenvalue weighted by atomic mass is 9.87. The van der Waals surface area contributed by atoms with Crippen molar-refractivity contribution in [1.82, 2.24) is 5.32 Å². The Kier molecular flexibility index (Phi) is 5.97. The number of ketones is 1. The molecule has 1 aromatic carbocycles. The summed E-state index contributed by atoms with van der Waals surface area (Å²) in [5.74, 6) is -0.669. The van der Waals surface area contributed by atoms with Crippen molar-refractivity contribution < 1.29 is 23.5 Å². The van der Waals surface area contributed by atoms with Gasteiger partial charge >= 0.3 is 5.97 Å². The first-order valence-electron chi connectivity index (χ1n) is 8.31. The van der Waals surface area contributed by atoms with E-state index in [1.165, 1.54) is 13.0 Å². The van der Waals surface area contributed by atoms with Crippen LogP contribution in [-0.2, 0) is 21.5 Å². The lowest BCUT2D eigenvalue weighted by Gasteiger charge is -2.18. The third kappa shape index (κ3) is 5.31. The number of nitrogens with one attached hydrogen (secondary N) is 1. The summed E-state index contributed by atoms with van der Waals surface area (Å²) >= 11 is 0. The van der Waals surface area contributed by atoms with E-state index in [9.17, 15) is 14.4 Å². The Morgan fingerprint density at radius 3 is 2.27 bits per heavy atom. The van der Waals surface area contributed by atoms with E-state index in [0.717, 1.165) is 5.56 Å². The summed E-state index contributed by atoms with van der Waals surface area (Å²) in [6.07, 6.45) is 0. The van der Waals surface area contributed by atoms with Crippen molar-refractivity contribution in [3.05, 3.63) is 59.0 Å². The fourth-order valence-corrected chi connectivity index (χ4v) is 2.23. The minimum atomic E-state index is -0.566. The Morgan fingerprint density at radius 2 is 1.69 bits per heavy atom. The maximum atomic E-state index is 12.1. The smallest absolute Gasteiger partial charge is 0.338 e. The minimum absolute atomic E-state index is 0.00730. The second-order valence-corrected chi connectivity index (χ2v) is 7.00. The van der Waals surface area contributed by atoms with Crippen molar-refractivity contribution in [2.45, 2.75) is 39.7 Å². The van der Waals surface area contributed by atoms with Crippen LogP contribution in [0.15, 0.2) is 40.8 Å². The van der Waals surface area contributed by atoms with Crippen LogP contribution in [0.1, 0.15) is 59.9 Å². The molecule has 0 spiro atoms. The first-order valence-corrected chi connectivity index (χ1v) is 8.31. The van der Waals surface area contributed by atoms with Gasteiger partial charge in [-0.05, 0) is 35.2 Å². The number of Topliss-reactive ketones (excluding diaryl/α,β-unsaturated/α-hetero) is 1. The summed E-state index contributed by atoms with van der Waals surface area (Å²) in [6, 6.07) is 10.2. The number of esters is 1. The molecule has 0 unspecified atom stereocenters. The molecule has 1 heterocycles. The molecule has 2 rings (SSSR count). The molecule has 0 saturated carbocycles. The molecular formula is C20H23NO5. The quantitative estimate of drug-likeness (QED) is 0.633. The average Bonchev–Trinajstić information content (AvgIpc) is 3.06. The number of hydrogen-bond acceptors (Lipinski definition) is 5. The number of benzene rings is 1. The first-order chi connectivity index (χ1) is 12.2. The fourth-order valence-electron chi connectivity index (χ4n) is 2.23. The summed E-state index contributed by atoms with van der Waals surface area (Å²) in [5.41, 5.74) is 1.48. The number of hydrogen-bond donors (Lipinski definition) is 1. The van der Waals surface area contributed by atoms with E-state index < -0.39 is 18.4 Å². The van der Waals surface area contributed by atoms with E-state index in [1.54, 1.807) is 18.2 Å². The molecule has 26 heavy (non-hydrogen) atoms. The molecule has 0 aliphatic carbocycles. The predicted octanol–water partition coefficient (Wildman–Crippen LogP) is 3.25. The van der Waals surface area contributed by atoms with Crippen LogP contribution in [0.4, 0.5) is 0 Å². The third-order valence-corrected chi connectivity index (χ3v) is 3.77. The highest BCUT2D eigenvalue weighted by Gasteiger charge is 2.17. The molecule has 0 bridgehead atoms. The monoisotopic (exact) mass is 357 g/mol. The lowest BCUT2D eigenvalue weighted by Crippen LogP contribution is -2.18. The standard InChI is InChI=1S/C20H23NO5/c1-13(22)21-11-16-9-10-18(26-16)17(23)12-25-19(24)14-5-7-15(8-6-14)20(2,3)4/h5-10H,11-12H2,1-4H3,(H,21,22). The predicted molar refractivity (Wildman–Crippen MR) is 96.0 cm³/mol. The molecular weight excluding hydrogens is 334 g/mol. The molecule has 2 aromatic rings. The maximum Gasteiger partial charge on any atom is 0.338 e. The molecule has 0 fully saturated rings. The first kappa shape index (κ1) is 19.4. The summed E-state index contributed by atoms with van der Waals surface area (Å²) in [6.45, 7) is 7.44. The normalized spacial score (nSPS) is 11.1. The zero-order chi connectivity index (χ0) is 19.3. The Balaban J connectivity index is 1.90. The van der Waals surface area contributed by atoms with Crippen LogP contribution in [0.25, 0.3) is 0 Å². The molecule has 1 N–H and O–H groups in total. The van der Waals surface area contributed by atoms with Crippen LogP contribution in [0.5, 0.6) is 0 Å². The molecule has 0 aliphatic heterocycles. The summed E-state index contributed by atoms with van der Waals surface area (Å²) in [5, 5.41) is 2.57. The zero-order valence-electron chi connectivity index (χ0n) is 15.4. The van der Waals surface area contributed by atoms with Gasteiger partial charge in [-0.2, -0.15) is 0 Å². The molecule has 0 aliphatic rings. The Hall–Kier alpha value is -2.89. The Labute approximate surface area is 152 Å². The van der Waals surface area contributed by atoms with E-state index in [0.29, 0.717) is 11.3 Å². The lowest BCUT2D eigenvalue weighted by molar-refractivity contribution is -0.119. The second kappa shape index (κ2) is 7.99. The van der Waals surface area contributed by atoms with E-state index in [4.69, 9.17) is 9.15 Å². The van der Waals surface area contributed by atoms with Gasteiger partial charge in [0.05, 0.1) is 12.1 Å². The van der Waals surface area contributed by atoms with Crippen LogP contribution < -0.4 is 5.32 Å². The SMILES string of the molecule is CC(=O)NCc1ccc(C(=O)COC(=O)c2ccc(C(C)(C)C)cc2)o1. The molecule has 138 valence electrons. The van der Waals surface area contributed by atoms with Crippen LogP contribution in [-0.4, -0.2) is 24.3 Å². The van der Waals surface area contributed by atoms with Crippen molar-refractivity contribution in [3.8, 4) is 0 Å². The van der Waals surface area contributed by atoms with Gasteiger partial charge in [0.25, 0.3) is 0 Å². The second-order valence-electron chi connectivity index (χ2n) is 7.00. The Morgan fingerprint density at radius 1 is 1.04 bits per heavy atom. The number of furan rings is 1. The van der Waals surface area contributed by atoms with Crippen molar-refractivity contribution >= 4 is 17.7 Å². The minimum Gasteiger partial charge on any atom is -0.456 e. The highest BCUT2D eigenvalue weighted by Crippen LogP contribution is 2.22. The summed E-state index contributed by atoms with van der Waals surface area (Å²) in [7, 11) is 0. The number of carbonyl (C=O) groups is 3. The Bertz CT molecular complexity index is 796. The van der Waals surface area contributed by atoms with Crippen LogP contribution in [0.2, 0.25) is 0 Å². The molecule has 0 atom stereocenters. The highest BCUT2D eigenvalue weighted by atomic mass is 16.5. The maximum absolute atomic E-state index is 12.1. The van der Waals surface area contributed by atoms with Crippen molar-refractivity contribution in [2.75, 3.05) is 6.61 Å². The number of carbonyl (C=O) groups excluding carboxylic acids is 3.